The zero-order valence-corrected chi connectivity index (χ0v) is 11.6. The maximum atomic E-state index is 8.94. The lowest BCUT2D eigenvalue weighted by Crippen LogP contribution is -2.02. The van der Waals surface area contributed by atoms with E-state index in [0.29, 0.717) is 5.82 Å². The van der Waals surface area contributed by atoms with Gasteiger partial charge in [0.1, 0.15) is 5.82 Å². The van der Waals surface area contributed by atoms with Crippen molar-refractivity contribution < 1.29 is 5.11 Å². The Hall–Kier alpha value is -1.87. The van der Waals surface area contributed by atoms with E-state index in [1.165, 1.54) is 34.4 Å². The van der Waals surface area contributed by atoms with Crippen molar-refractivity contribution in [3.63, 3.8) is 0 Å². The molecule has 3 N–H and O–H groups in total. The van der Waals surface area contributed by atoms with Crippen LogP contribution < -0.4 is 5.73 Å². The van der Waals surface area contributed by atoms with E-state index in [1.807, 2.05) is 6.07 Å². The van der Waals surface area contributed by atoms with Crippen molar-refractivity contribution in [2.45, 2.75) is 32.1 Å². The van der Waals surface area contributed by atoms with Gasteiger partial charge in [-0.1, -0.05) is 24.3 Å². The topological polar surface area (TPSA) is 59.1 Å². The van der Waals surface area contributed by atoms with E-state index >= 15 is 0 Å². The van der Waals surface area contributed by atoms with Gasteiger partial charge in [0.2, 0.25) is 0 Å². The molecule has 0 spiro atoms. The summed E-state index contributed by atoms with van der Waals surface area (Å²) in [6.07, 6.45) is 5.00. The summed E-state index contributed by atoms with van der Waals surface area (Å²) in [5, 5.41) is 8.94. The van der Waals surface area contributed by atoms with E-state index in [-0.39, 0.29) is 6.61 Å². The third-order valence-electron chi connectivity index (χ3n) is 3.98. The van der Waals surface area contributed by atoms with Crippen LogP contribution in [-0.2, 0) is 25.7 Å². The van der Waals surface area contributed by atoms with Gasteiger partial charge in [-0.3, -0.25) is 0 Å². The van der Waals surface area contributed by atoms with Gasteiger partial charge < -0.3 is 10.8 Å². The van der Waals surface area contributed by atoms with E-state index < -0.39 is 0 Å². The number of hydrogen-bond acceptors (Lipinski definition) is 3. The fraction of sp³-hybridized carbons (Fsp3) is 0.353. The van der Waals surface area contributed by atoms with E-state index in [2.05, 4.69) is 29.2 Å². The largest absolute Gasteiger partial charge is 0.396 e. The van der Waals surface area contributed by atoms with Crippen LogP contribution >= 0.6 is 0 Å². The highest BCUT2D eigenvalue weighted by molar-refractivity contribution is 5.45. The molecule has 20 heavy (non-hydrogen) atoms. The minimum absolute atomic E-state index is 0.202. The molecule has 1 heterocycles. The smallest absolute Gasteiger partial charge is 0.123 e. The molecule has 0 bridgehead atoms. The number of aliphatic hydroxyl groups is 1. The van der Waals surface area contributed by atoms with Gasteiger partial charge in [0.15, 0.2) is 0 Å². The van der Waals surface area contributed by atoms with Crippen LogP contribution in [0.25, 0.3) is 0 Å². The zero-order valence-electron chi connectivity index (χ0n) is 11.6. The van der Waals surface area contributed by atoms with Gasteiger partial charge in [0, 0.05) is 12.3 Å². The second-order valence-electron chi connectivity index (χ2n) is 5.45. The van der Waals surface area contributed by atoms with E-state index in [4.69, 9.17) is 10.8 Å². The van der Waals surface area contributed by atoms with Gasteiger partial charge in [-0.25, -0.2) is 4.98 Å². The molecule has 0 fully saturated rings. The van der Waals surface area contributed by atoms with E-state index in [1.54, 1.807) is 0 Å². The van der Waals surface area contributed by atoms with Gasteiger partial charge in [-0.15, -0.1) is 0 Å². The molecule has 0 aliphatic heterocycles. The lowest BCUT2D eigenvalue weighted by atomic mass is 9.98. The number of nitrogen functional groups attached to an aromatic ring is 1. The average molecular weight is 268 g/mol. The normalized spacial score (nSPS) is 13.4. The number of aryl methyl sites for hydroxylation is 1. The number of benzene rings is 1. The standard InChI is InChI=1S/C17H20N2O/c18-17-11-14(15-2-1-3-16(15)19-17)10-13-6-4-12(5-7-13)8-9-20/h4-7,11,20H,1-3,8-10H2,(H2,18,19). The predicted molar refractivity (Wildman–Crippen MR) is 80.7 cm³/mol. The number of fused-ring (bicyclic) bond motifs is 1. The molecule has 1 aliphatic carbocycles. The number of rotatable bonds is 4. The van der Waals surface area contributed by atoms with Crippen molar-refractivity contribution in [1.82, 2.24) is 4.98 Å². The minimum atomic E-state index is 0.202. The molecule has 3 nitrogen and oxygen atoms in total. The SMILES string of the molecule is Nc1cc(Cc2ccc(CCO)cc2)c2c(n1)CCC2. The maximum absolute atomic E-state index is 8.94. The van der Waals surface area contributed by atoms with Gasteiger partial charge in [0.05, 0.1) is 0 Å². The fourth-order valence-electron chi connectivity index (χ4n) is 2.98. The molecule has 0 amide bonds. The average Bonchev–Trinajstić information content (AvgIpc) is 2.89. The van der Waals surface area contributed by atoms with Crippen molar-refractivity contribution in [3.05, 3.63) is 58.3 Å². The van der Waals surface area contributed by atoms with E-state index in [0.717, 1.165) is 25.7 Å². The van der Waals surface area contributed by atoms with Gasteiger partial charge in [0.25, 0.3) is 0 Å². The molecular formula is C17H20N2O. The van der Waals surface area contributed by atoms with Crippen LogP contribution in [0.4, 0.5) is 5.82 Å². The highest BCUT2D eigenvalue weighted by Crippen LogP contribution is 2.27. The van der Waals surface area contributed by atoms with Crippen LogP contribution in [0.5, 0.6) is 0 Å². The summed E-state index contributed by atoms with van der Waals surface area (Å²) in [4.78, 5) is 4.44. The number of pyridine rings is 1. The minimum Gasteiger partial charge on any atom is -0.396 e. The summed E-state index contributed by atoms with van der Waals surface area (Å²) < 4.78 is 0. The first-order valence-corrected chi connectivity index (χ1v) is 7.22. The zero-order chi connectivity index (χ0) is 13.9. The molecule has 0 radical (unpaired) electrons. The molecule has 0 unspecified atom stereocenters. The Morgan fingerprint density at radius 3 is 2.60 bits per heavy atom. The lowest BCUT2D eigenvalue weighted by molar-refractivity contribution is 0.299. The summed E-state index contributed by atoms with van der Waals surface area (Å²) >= 11 is 0. The predicted octanol–water partition coefficient (Wildman–Crippen LogP) is 2.28. The molecule has 0 saturated carbocycles. The van der Waals surface area contributed by atoms with Crippen LogP contribution in [0, 0.1) is 0 Å². The van der Waals surface area contributed by atoms with Gasteiger partial charge >= 0.3 is 0 Å². The first-order chi connectivity index (χ1) is 9.76. The number of aliphatic hydroxyl groups excluding tert-OH is 1. The molecule has 0 atom stereocenters. The molecule has 2 aromatic rings. The number of hydrogen-bond donors (Lipinski definition) is 2. The Kier molecular flexibility index (Phi) is 3.70. The van der Waals surface area contributed by atoms with Crippen LogP contribution in [0.1, 0.15) is 34.4 Å². The molecule has 3 rings (SSSR count). The highest BCUT2D eigenvalue weighted by atomic mass is 16.2. The number of anilines is 1. The quantitative estimate of drug-likeness (QED) is 0.894. The Morgan fingerprint density at radius 2 is 1.85 bits per heavy atom. The first kappa shape index (κ1) is 13.1. The summed E-state index contributed by atoms with van der Waals surface area (Å²) in [7, 11) is 0. The molecular weight excluding hydrogens is 248 g/mol. The van der Waals surface area contributed by atoms with E-state index in [9.17, 15) is 0 Å². The van der Waals surface area contributed by atoms with Crippen LogP contribution in [-0.4, -0.2) is 16.7 Å². The summed E-state index contributed by atoms with van der Waals surface area (Å²) in [5.41, 5.74) is 12.3. The molecule has 3 heteroatoms. The number of nitrogens with zero attached hydrogens (tertiary/aromatic N) is 1. The molecule has 1 aliphatic rings. The van der Waals surface area contributed by atoms with Crippen molar-refractivity contribution in [2.24, 2.45) is 0 Å². The molecule has 104 valence electrons. The number of nitrogens with two attached hydrogens (primary N) is 1. The Labute approximate surface area is 119 Å². The molecule has 1 aromatic heterocycles. The second-order valence-corrected chi connectivity index (χ2v) is 5.45. The molecule has 0 saturated heterocycles. The highest BCUT2D eigenvalue weighted by Gasteiger charge is 2.17. The first-order valence-electron chi connectivity index (χ1n) is 7.22. The summed E-state index contributed by atoms with van der Waals surface area (Å²) in [6.45, 7) is 0.202. The Bertz CT molecular complexity index is 605. The van der Waals surface area contributed by atoms with Crippen molar-refractivity contribution in [1.29, 1.82) is 0 Å². The summed E-state index contributed by atoms with van der Waals surface area (Å²) in [5.74, 6) is 0.637. The van der Waals surface area contributed by atoms with Gasteiger partial charge in [-0.05, 0) is 60.4 Å². The number of aromatic nitrogens is 1. The summed E-state index contributed by atoms with van der Waals surface area (Å²) in [6, 6.07) is 10.5. The maximum Gasteiger partial charge on any atom is 0.123 e. The van der Waals surface area contributed by atoms with Crippen molar-refractivity contribution >= 4 is 5.82 Å². The van der Waals surface area contributed by atoms with Crippen molar-refractivity contribution in [2.75, 3.05) is 12.3 Å². The van der Waals surface area contributed by atoms with Crippen LogP contribution in [0.15, 0.2) is 30.3 Å². The van der Waals surface area contributed by atoms with Gasteiger partial charge in [-0.2, -0.15) is 0 Å². The monoisotopic (exact) mass is 268 g/mol. The third kappa shape index (κ3) is 2.68. The van der Waals surface area contributed by atoms with Crippen LogP contribution in [0.3, 0.4) is 0 Å². The molecule has 1 aromatic carbocycles. The Balaban J connectivity index is 1.84. The van der Waals surface area contributed by atoms with Crippen molar-refractivity contribution in [3.8, 4) is 0 Å². The Morgan fingerprint density at radius 1 is 1.10 bits per heavy atom. The fourth-order valence-corrected chi connectivity index (χ4v) is 2.98. The lowest BCUT2D eigenvalue weighted by Gasteiger charge is -2.10. The second kappa shape index (κ2) is 5.63. The third-order valence-corrected chi connectivity index (χ3v) is 3.98. The van der Waals surface area contributed by atoms with Crippen LogP contribution in [0.2, 0.25) is 0 Å².